The van der Waals surface area contributed by atoms with Gasteiger partial charge in [0.15, 0.2) is 0 Å². The molecule has 2 rings (SSSR count). The average molecular weight is 288 g/mol. The quantitative estimate of drug-likeness (QED) is 0.844. The Morgan fingerprint density at radius 2 is 1.85 bits per heavy atom. The number of hydrogen-bond donors (Lipinski definition) is 1. The van der Waals surface area contributed by atoms with Crippen molar-refractivity contribution in [1.29, 1.82) is 0 Å². The van der Waals surface area contributed by atoms with Crippen LogP contribution in [-0.2, 0) is 9.59 Å². The van der Waals surface area contributed by atoms with Gasteiger partial charge in [-0.1, -0.05) is 33.6 Å². The van der Waals surface area contributed by atoms with E-state index >= 15 is 0 Å². The highest BCUT2D eigenvalue weighted by Gasteiger charge is 2.54. The summed E-state index contributed by atoms with van der Waals surface area (Å²) < 4.78 is 25.7. The van der Waals surface area contributed by atoms with Crippen molar-refractivity contribution < 1.29 is 18.4 Å². The molecule has 1 aliphatic heterocycles. The van der Waals surface area contributed by atoms with Gasteiger partial charge in [0.2, 0.25) is 11.8 Å². The van der Waals surface area contributed by atoms with Crippen LogP contribution in [0, 0.1) is 5.41 Å². The third-order valence-corrected chi connectivity index (χ3v) is 4.20. The molecule has 2 amide bonds. The molecule has 1 aliphatic carbocycles. The molecule has 0 bridgehead atoms. The van der Waals surface area contributed by atoms with Gasteiger partial charge in [0, 0.05) is 0 Å². The van der Waals surface area contributed by atoms with Gasteiger partial charge in [-0.05, 0) is 18.3 Å². The molecule has 1 saturated heterocycles. The fourth-order valence-corrected chi connectivity index (χ4v) is 3.41. The topological polar surface area (TPSA) is 49.4 Å². The second-order valence-corrected chi connectivity index (χ2v) is 6.90. The van der Waals surface area contributed by atoms with E-state index in [9.17, 15) is 18.4 Å². The van der Waals surface area contributed by atoms with E-state index in [1.54, 1.807) is 20.8 Å². The minimum absolute atomic E-state index is 0.306. The molecule has 0 radical (unpaired) electrons. The van der Waals surface area contributed by atoms with E-state index in [2.05, 4.69) is 5.32 Å². The Kier molecular flexibility index (Phi) is 3.77. The summed E-state index contributed by atoms with van der Waals surface area (Å²) in [6.07, 6.45) is 0.152. The van der Waals surface area contributed by atoms with Crippen LogP contribution in [0.3, 0.4) is 0 Å². The summed E-state index contributed by atoms with van der Waals surface area (Å²) >= 11 is 0. The summed E-state index contributed by atoms with van der Waals surface area (Å²) in [6.45, 7) is 4.69. The fourth-order valence-electron chi connectivity index (χ4n) is 3.41. The van der Waals surface area contributed by atoms with Crippen molar-refractivity contribution in [3.8, 4) is 0 Å². The van der Waals surface area contributed by atoms with Gasteiger partial charge < -0.3 is 10.2 Å². The van der Waals surface area contributed by atoms with E-state index in [4.69, 9.17) is 0 Å². The monoisotopic (exact) mass is 288 g/mol. The lowest BCUT2D eigenvalue weighted by Gasteiger charge is -2.48. The van der Waals surface area contributed by atoms with Crippen LogP contribution in [0.2, 0.25) is 0 Å². The molecule has 1 heterocycles. The van der Waals surface area contributed by atoms with Crippen molar-refractivity contribution in [1.82, 2.24) is 10.2 Å². The molecule has 2 aliphatic rings. The SMILES string of the molecule is CC(C)(C)C1C(=O)NC2(CCCC2)C(=O)N1CC(F)F. The minimum Gasteiger partial charge on any atom is -0.340 e. The zero-order chi connectivity index (χ0) is 15.1. The standard InChI is InChI=1S/C14H22F2N2O2/c1-13(2,3)10-11(19)17-14(6-4-5-7-14)12(20)18(10)8-9(15)16/h9-10H,4-8H2,1-3H3,(H,17,19). The molecule has 1 atom stereocenters. The molecule has 20 heavy (non-hydrogen) atoms. The highest BCUT2D eigenvalue weighted by atomic mass is 19.3. The number of nitrogens with one attached hydrogen (secondary N) is 1. The predicted molar refractivity (Wildman–Crippen MR) is 70.3 cm³/mol. The number of alkyl halides is 2. The highest BCUT2D eigenvalue weighted by molar-refractivity contribution is 6.00. The molecule has 1 saturated carbocycles. The van der Waals surface area contributed by atoms with Crippen molar-refractivity contribution in [3.05, 3.63) is 0 Å². The number of nitrogens with zero attached hydrogens (tertiary/aromatic N) is 1. The summed E-state index contributed by atoms with van der Waals surface area (Å²) in [6, 6.07) is -0.838. The summed E-state index contributed by atoms with van der Waals surface area (Å²) in [5.74, 6) is -0.644. The number of hydrogen-bond acceptors (Lipinski definition) is 2. The Morgan fingerprint density at radius 1 is 1.30 bits per heavy atom. The van der Waals surface area contributed by atoms with Crippen LogP contribution in [-0.4, -0.2) is 41.3 Å². The second kappa shape index (κ2) is 4.97. The van der Waals surface area contributed by atoms with E-state index in [1.165, 1.54) is 0 Å². The van der Waals surface area contributed by atoms with Crippen LogP contribution in [0.4, 0.5) is 8.78 Å². The van der Waals surface area contributed by atoms with Gasteiger partial charge in [-0.25, -0.2) is 8.78 Å². The second-order valence-electron chi connectivity index (χ2n) is 6.90. The van der Waals surface area contributed by atoms with E-state index in [0.717, 1.165) is 17.7 Å². The van der Waals surface area contributed by atoms with E-state index in [0.29, 0.717) is 12.8 Å². The normalized spacial score (nSPS) is 26.5. The first kappa shape index (κ1) is 15.2. The average Bonchev–Trinajstić information content (AvgIpc) is 2.72. The molecule has 4 nitrogen and oxygen atoms in total. The van der Waals surface area contributed by atoms with Crippen molar-refractivity contribution in [2.75, 3.05) is 6.54 Å². The van der Waals surface area contributed by atoms with E-state index in [1.807, 2.05) is 0 Å². The largest absolute Gasteiger partial charge is 0.340 e. The third kappa shape index (κ3) is 2.52. The number of rotatable bonds is 2. The van der Waals surface area contributed by atoms with Gasteiger partial charge in [0.1, 0.15) is 11.6 Å². The minimum atomic E-state index is -2.63. The maximum absolute atomic E-state index is 12.8. The van der Waals surface area contributed by atoms with Gasteiger partial charge in [0.25, 0.3) is 6.43 Å². The maximum atomic E-state index is 12.8. The fraction of sp³-hybridized carbons (Fsp3) is 0.857. The van der Waals surface area contributed by atoms with Crippen LogP contribution in [0.15, 0.2) is 0 Å². The van der Waals surface area contributed by atoms with Crippen LogP contribution in [0.25, 0.3) is 0 Å². The summed E-state index contributed by atoms with van der Waals surface area (Å²) in [5.41, 5.74) is -1.51. The number of carbonyl (C=O) groups is 2. The molecular weight excluding hydrogens is 266 g/mol. The summed E-state index contributed by atoms with van der Waals surface area (Å²) in [7, 11) is 0. The van der Waals surface area contributed by atoms with Gasteiger partial charge in [-0.3, -0.25) is 9.59 Å². The van der Waals surface area contributed by atoms with E-state index < -0.39 is 30.0 Å². The lowest BCUT2D eigenvalue weighted by Crippen LogP contribution is -2.72. The Labute approximate surface area is 117 Å². The van der Waals surface area contributed by atoms with Crippen molar-refractivity contribution in [2.45, 2.75) is 64.5 Å². The number of halogens is 2. The molecule has 114 valence electrons. The Bertz CT molecular complexity index is 412. The molecule has 1 N–H and O–H groups in total. The van der Waals surface area contributed by atoms with Crippen molar-refractivity contribution in [3.63, 3.8) is 0 Å². The molecule has 6 heteroatoms. The van der Waals surface area contributed by atoms with Crippen LogP contribution >= 0.6 is 0 Å². The maximum Gasteiger partial charge on any atom is 0.255 e. The summed E-state index contributed by atoms with van der Waals surface area (Å²) in [4.78, 5) is 26.2. The molecule has 1 spiro atoms. The van der Waals surface area contributed by atoms with Gasteiger partial charge >= 0.3 is 0 Å². The number of amides is 2. The van der Waals surface area contributed by atoms with Crippen LogP contribution in [0.1, 0.15) is 46.5 Å². The van der Waals surface area contributed by atoms with Crippen LogP contribution < -0.4 is 5.32 Å². The summed E-state index contributed by atoms with van der Waals surface area (Å²) in [5, 5.41) is 2.83. The Hall–Kier alpha value is -1.20. The smallest absolute Gasteiger partial charge is 0.255 e. The van der Waals surface area contributed by atoms with Gasteiger partial charge in [-0.15, -0.1) is 0 Å². The van der Waals surface area contributed by atoms with Crippen molar-refractivity contribution >= 4 is 11.8 Å². The lowest BCUT2D eigenvalue weighted by atomic mass is 9.80. The highest BCUT2D eigenvalue weighted by Crippen LogP contribution is 2.38. The number of carbonyl (C=O) groups excluding carboxylic acids is 2. The van der Waals surface area contributed by atoms with E-state index in [-0.39, 0.29) is 11.8 Å². The third-order valence-electron chi connectivity index (χ3n) is 4.20. The Morgan fingerprint density at radius 3 is 2.30 bits per heavy atom. The number of piperazine rings is 1. The predicted octanol–water partition coefficient (Wildman–Crippen LogP) is 1.94. The molecule has 0 aromatic rings. The molecule has 1 unspecified atom stereocenters. The zero-order valence-corrected chi connectivity index (χ0v) is 12.2. The molecular formula is C14H22F2N2O2. The molecule has 0 aromatic heterocycles. The van der Waals surface area contributed by atoms with Crippen molar-refractivity contribution in [2.24, 2.45) is 5.41 Å². The first-order chi connectivity index (χ1) is 9.17. The lowest BCUT2D eigenvalue weighted by molar-refractivity contribution is -0.161. The molecule has 2 fully saturated rings. The Balaban J connectivity index is 2.36. The zero-order valence-electron chi connectivity index (χ0n) is 12.2. The first-order valence-corrected chi connectivity index (χ1v) is 7.09. The molecule has 0 aromatic carbocycles. The first-order valence-electron chi connectivity index (χ1n) is 7.09. The van der Waals surface area contributed by atoms with Crippen LogP contribution in [0.5, 0.6) is 0 Å². The van der Waals surface area contributed by atoms with Gasteiger partial charge in [-0.2, -0.15) is 0 Å². The van der Waals surface area contributed by atoms with Gasteiger partial charge in [0.05, 0.1) is 6.54 Å².